The lowest BCUT2D eigenvalue weighted by Crippen LogP contribution is -2.30. The van der Waals surface area contributed by atoms with Crippen LogP contribution in [0, 0.1) is 11.8 Å². The van der Waals surface area contributed by atoms with Crippen molar-refractivity contribution in [2.24, 2.45) is 11.8 Å². The number of unbranched alkanes of at least 4 members (excludes halogenated alkanes) is 45. The molecule has 0 rings (SSSR count). The van der Waals surface area contributed by atoms with Crippen LogP contribution in [0.3, 0.4) is 0 Å². The molecule has 95 heavy (non-hydrogen) atoms. The van der Waals surface area contributed by atoms with Gasteiger partial charge in [0.1, 0.15) is 19.3 Å². The second-order valence-electron chi connectivity index (χ2n) is 28.3. The number of aliphatic hydroxyl groups excluding tert-OH is 1. The first-order chi connectivity index (χ1) is 45.9. The Hall–Kier alpha value is -1.94. The van der Waals surface area contributed by atoms with E-state index in [1.807, 2.05) is 0 Å². The molecule has 0 aromatic carbocycles. The van der Waals surface area contributed by atoms with Crippen LogP contribution in [0.2, 0.25) is 0 Å². The molecule has 19 heteroatoms. The molecule has 0 amide bonds. The molecule has 0 aromatic heterocycles. The van der Waals surface area contributed by atoms with Gasteiger partial charge in [0.2, 0.25) is 0 Å². The summed E-state index contributed by atoms with van der Waals surface area (Å²) in [5.74, 6) is -0.601. The molecule has 0 saturated heterocycles. The van der Waals surface area contributed by atoms with E-state index >= 15 is 0 Å². The van der Waals surface area contributed by atoms with Crippen molar-refractivity contribution < 1.29 is 80.2 Å². The topological polar surface area (TPSA) is 237 Å². The molecular weight excluding hydrogens is 1250 g/mol. The van der Waals surface area contributed by atoms with Crippen LogP contribution < -0.4 is 0 Å². The number of esters is 4. The Morgan fingerprint density at radius 1 is 0.284 bits per heavy atom. The summed E-state index contributed by atoms with van der Waals surface area (Å²) in [5.41, 5.74) is 0. The van der Waals surface area contributed by atoms with Crippen LogP contribution in [-0.2, 0) is 65.4 Å². The number of carbonyl (C=O) groups is 4. The molecule has 0 aromatic rings. The monoisotopic (exact) mass is 1400 g/mol. The van der Waals surface area contributed by atoms with Gasteiger partial charge in [0.15, 0.2) is 12.2 Å². The number of aliphatic hydroxyl groups is 1. The predicted molar refractivity (Wildman–Crippen MR) is 386 cm³/mol. The maximum atomic E-state index is 13.1. The van der Waals surface area contributed by atoms with Gasteiger partial charge in [-0.15, -0.1) is 0 Å². The minimum Gasteiger partial charge on any atom is -0.462 e. The summed E-state index contributed by atoms with van der Waals surface area (Å²) in [4.78, 5) is 72.7. The van der Waals surface area contributed by atoms with Gasteiger partial charge in [-0.25, -0.2) is 9.13 Å². The highest BCUT2D eigenvalue weighted by Gasteiger charge is 2.30. The van der Waals surface area contributed by atoms with Crippen molar-refractivity contribution >= 4 is 39.5 Å². The first-order valence-electron chi connectivity index (χ1n) is 39.5. The standard InChI is InChI=1S/C76H148O17P2/c1-7-9-11-13-15-17-19-20-28-31-35-41-47-53-59-74(79)87-64-71(92-75(80)60-54-48-42-36-32-29-26-24-22-21-23-25-27-30-33-38-44-50-56-68(3)4)66-90-94(82,83)88-62-70(77)63-89-95(84,85)91-67-72(93-76(81)61-55-49-43-37-39-45-51-57-69(5)6)65-86-73(78)58-52-46-40-34-18-16-14-12-10-8-2/h68-72,77H,7-67H2,1-6H3,(H,82,83)(H,84,85)/t70-,71-,72-/m1/s1. The highest BCUT2D eigenvalue weighted by Crippen LogP contribution is 2.45. The van der Waals surface area contributed by atoms with Crippen LogP contribution in [0.15, 0.2) is 0 Å². The lowest BCUT2D eigenvalue weighted by Gasteiger charge is -2.21. The van der Waals surface area contributed by atoms with Crippen LogP contribution in [-0.4, -0.2) is 96.7 Å². The van der Waals surface area contributed by atoms with E-state index in [-0.39, 0.29) is 25.7 Å². The first-order valence-corrected chi connectivity index (χ1v) is 42.5. The van der Waals surface area contributed by atoms with Crippen molar-refractivity contribution in [1.29, 1.82) is 0 Å². The second-order valence-corrected chi connectivity index (χ2v) is 31.3. The predicted octanol–water partition coefficient (Wildman–Crippen LogP) is 22.3. The van der Waals surface area contributed by atoms with Gasteiger partial charge < -0.3 is 33.8 Å². The minimum absolute atomic E-state index is 0.104. The third kappa shape index (κ3) is 70.3. The molecule has 0 aliphatic rings. The number of phosphoric ester groups is 2. The third-order valence-electron chi connectivity index (χ3n) is 17.7. The SMILES string of the molecule is CCCCCCCCCCCCCCCCC(=O)OC[C@H](COP(=O)(O)OC[C@@H](O)COP(=O)(O)OC[C@@H](COC(=O)CCCCCCCCCCCC)OC(=O)CCCCCCCCCC(C)C)OC(=O)CCCCCCCCCCCCCCCCCCCCC(C)C. The number of carbonyl (C=O) groups excluding carboxylic acids is 4. The van der Waals surface area contributed by atoms with Gasteiger partial charge in [-0.3, -0.25) is 37.3 Å². The van der Waals surface area contributed by atoms with E-state index < -0.39 is 97.5 Å². The van der Waals surface area contributed by atoms with E-state index in [2.05, 4.69) is 41.5 Å². The van der Waals surface area contributed by atoms with Gasteiger partial charge >= 0.3 is 39.5 Å². The Balaban J connectivity index is 5.19. The normalized spacial score (nSPS) is 14.0. The molecule has 2 unspecified atom stereocenters. The van der Waals surface area contributed by atoms with E-state index in [1.165, 1.54) is 212 Å². The molecule has 564 valence electrons. The summed E-state index contributed by atoms with van der Waals surface area (Å²) in [5, 5.41) is 10.6. The Morgan fingerprint density at radius 3 is 0.716 bits per heavy atom. The Morgan fingerprint density at radius 2 is 0.484 bits per heavy atom. The van der Waals surface area contributed by atoms with Crippen molar-refractivity contribution in [2.45, 2.75) is 413 Å². The summed E-state index contributed by atoms with van der Waals surface area (Å²) in [6.07, 6.45) is 55.6. The molecule has 0 spiro atoms. The van der Waals surface area contributed by atoms with E-state index in [1.54, 1.807) is 0 Å². The van der Waals surface area contributed by atoms with Gasteiger partial charge in [-0.2, -0.15) is 0 Å². The van der Waals surface area contributed by atoms with Crippen LogP contribution in [0.1, 0.15) is 395 Å². The van der Waals surface area contributed by atoms with E-state index in [0.29, 0.717) is 31.6 Å². The molecule has 0 aliphatic carbocycles. The number of phosphoric acid groups is 2. The molecule has 0 fully saturated rings. The lowest BCUT2D eigenvalue weighted by molar-refractivity contribution is -0.161. The fraction of sp³-hybridized carbons (Fsp3) is 0.947. The highest BCUT2D eigenvalue weighted by molar-refractivity contribution is 7.47. The quantitative estimate of drug-likeness (QED) is 0.0222. The zero-order valence-electron chi connectivity index (χ0n) is 62.0. The summed E-state index contributed by atoms with van der Waals surface area (Å²) < 4.78 is 68.4. The van der Waals surface area contributed by atoms with Crippen LogP contribution in [0.25, 0.3) is 0 Å². The van der Waals surface area contributed by atoms with Crippen LogP contribution in [0.5, 0.6) is 0 Å². The van der Waals surface area contributed by atoms with Crippen molar-refractivity contribution in [1.82, 2.24) is 0 Å². The molecule has 0 saturated carbocycles. The molecule has 0 heterocycles. The summed E-state index contributed by atoms with van der Waals surface area (Å²) >= 11 is 0. The average molecular weight is 1400 g/mol. The molecule has 0 aliphatic heterocycles. The Labute approximate surface area is 581 Å². The Kier molecular flexibility index (Phi) is 66.5. The fourth-order valence-corrected chi connectivity index (χ4v) is 13.2. The number of hydrogen-bond donors (Lipinski definition) is 3. The average Bonchev–Trinajstić information content (AvgIpc) is 1.59. The number of ether oxygens (including phenoxy) is 4. The van der Waals surface area contributed by atoms with Gasteiger partial charge in [-0.1, -0.05) is 343 Å². The summed E-state index contributed by atoms with van der Waals surface area (Å²) in [7, 11) is -9.91. The van der Waals surface area contributed by atoms with Crippen molar-refractivity contribution in [3.63, 3.8) is 0 Å². The van der Waals surface area contributed by atoms with E-state index in [0.717, 1.165) is 95.8 Å². The summed E-state index contributed by atoms with van der Waals surface area (Å²) in [6.45, 7) is 9.56. The maximum Gasteiger partial charge on any atom is 0.472 e. The Bertz CT molecular complexity index is 1840. The summed E-state index contributed by atoms with van der Waals surface area (Å²) in [6, 6.07) is 0. The molecule has 17 nitrogen and oxygen atoms in total. The zero-order valence-corrected chi connectivity index (χ0v) is 63.8. The smallest absolute Gasteiger partial charge is 0.462 e. The lowest BCUT2D eigenvalue weighted by atomic mass is 10.0. The number of hydrogen-bond acceptors (Lipinski definition) is 15. The third-order valence-corrected chi connectivity index (χ3v) is 19.6. The van der Waals surface area contributed by atoms with Crippen molar-refractivity contribution in [3.05, 3.63) is 0 Å². The van der Waals surface area contributed by atoms with Crippen LogP contribution >= 0.6 is 15.6 Å². The van der Waals surface area contributed by atoms with E-state index in [9.17, 15) is 43.2 Å². The first kappa shape index (κ1) is 93.1. The molecule has 0 radical (unpaired) electrons. The van der Waals surface area contributed by atoms with Gasteiger partial charge in [0.05, 0.1) is 26.4 Å². The fourth-order valence-electron chi connectivity index (χ4n) is 11.7. The van der Waals surface area contributed by atoms with E-state index in [4.69, 9.17) is 37.0 Å². The van der Waals surface area contributed by atoms with Gasteiger partial charge in [0, 0.05) is 25.7 Å². The van der Waals surface area contributed by atoms with Gasteiger partial charge in [-0.05, 0) is 37.5 Å². The zero-order chi connectivity index (χ0) is 70.0. The molecular formula is C76H148O17P2. The van der Waals surface area contributed by atoms with Crippen molar-refractivity contribution in [2.75, 3.05) is 39.6 Å². The molecule has 3 N–H and O–H groups in total. The highest BCUT2D eigenvalue weighted by atomic mass is 31.2. The minimum atomic E-state index is -4.96. The van der Waals surface area contributed by atoms with Crippen molar-refractivity contribution in [3.8, 4) is 0 Å². The number of rotatable bonds is 75. The maximum absolute atomic E-state index is 13.1. The molecule has 0 bridgehead atoms. The molecule has 5 atom stereocenters. The van der Waals surface area contributed by atoms with Crippen LogP contribution in [0.4, 0.5) is 0 Å². The largest absolute Gasteiger partial charge is 0.472 e. The van der Waals surface area contributed by atoms with Gasteiger partial charge in [0.25, 0.3) is 0 Å². The second kappa shape index (κ2) is 67.9.